The summed E-state index contributed by atoms with van der Waals surface area (Å²) in [6.07, 6.45) is 0. The average Bonchev–Trinajstić information content (AvgIpc) is 3.46. The van der Waals surface area contributed by atoms with Gasteiger partial charge in [-0.15, -0.1) is 11.3 Å². The molecule has 0 unspecified atom stereocenters. The van der Waals surface area contributed by atoms with Crippen LogP contribution in [0.2, 0.25) is 0 Å². The standard InChI is InChI=1S/C15H14N2S.C10H12N2/c1-10-5-3-6-12(9-10)14-11(2)16-15(17-14)13-7-4-8-18-13;1-8-11(2)9-6-4-5-7-10(9)12(8)3/h3-9H,1-2H3,(H,16,17);4-7H,1H2,2-3H3. The quantitative estimate of drug-likeness (QED) is 0.408. The highest BCUT2D eigenvalue weighted by Crippen LogP contribution is 2.38. The van der Waals surface area contributed by atoms with Gasteiger partial charge in [0, 0.05) is 25.4 Å². The van der Waals surface area contributed by atoms with Crippen LogP contribution >= 0.6 is 11.3 Å². The fourth-order valence-electron chi connectivity index (χ4n) is 3.60. The molecule has 5 heteroatoms. The van der Waals surface area contributed by atoms with Crippen LogP contribution in [0.5, 0.6) is 0 Å². The van der Waals surface area contributed by atoms with E-state index in [-0.39, 0.29) is 0 Å². The first kappa shape index (κ1) is 20.0. The molecule has 0 saturated heterocycles. The van der Waals surface area contributed by atoms with Crippen LogP contribution in [0.3, 0.4) is 0 Å². The number of fused-ring (bicyclic) bond motifs is 1. The Bertz CT molecular complexity index is 1140. The van der Waals surface area contributed by atoms with E-state index in [0.717, 1.165) is 23.0 Å². The summed E-state index contributed by atoms with van der Waals surface area (Å²) < 4.78 is 0. The summed E-state index contributed by atoms with van der Waals surface area (Å²) in [4.78, 5) is 13.4. The number of aromatic amines is 1. The van der Waals surface area contributed by atoms with Crippen molar-refractivity contribution in [3.8, 4) is 22.0 Å². The van der Waals surface area contributed by atoms with Crippen molar-refractivity contribution in [2.75, 3.05) is 23.9 Å². The third-order valence-corrected chi connectivity index (χ3v) is 6.19. The molecule has 2 aromatic carbocycles. The minimum Gasteiger partial charge on any atom is -0.341 e. The molecule has 0 radical (unpaired) electrons. The summed E-state index contributed by atoms with van der Waals surface area (Å²) in [7, 11) is 4.06. The molecule has 0 spiro atoms. The number of nitrogens with one attached hydrogen (secondary N) is 1. The number of hydrogen-bond donors (Lipinski definition) is 1. The zero-order valence-corrected chi connectivity index (χ0v) is 18.6. The Morgan fingerprint density at radius 1 is 0.900 bits per heavy atom. The first-order chi connectivity index (χ1) is 14.5. The predicted molar refractivity (Wildman–Crippen MR) is 129 cm³/mol. The summed E-state index contributed by atoms with van der Waals surface area (Å²) in [5, 5.41) is 2.07. The Balaban J connectivity index is 0.000000158. The molecule has 2 aromatic heterocycles. The monoisotopic (exact) mass is 414 g/mol. The Labute approximate surface area is 182 Å². The van der Waals surface area contributed by atoms with Crippen LogP contribution < -0.4 is 9.80 Å². The molecular weight excluding hydrogens is 388 g/mol. The molecule has 0 saturated carbocycles. The van der Waals surface area contributed by atoms with Gasteiger partial charge in [0.1, 0.15) is 11.6 Å². The van der Waals surface area contributed by atoms with Crippen molar-refractivity contribution in [1.82, 2.24) is 9.97 Å². The maximum Gasteiger partial charge on any atom is 0.148 e. The Hall–Kier alpha value is -3.31. The van der Waals surface area contributed by atoms with Crippen molar-refractivity contribution in [2.24, 2.45) is 0 Å². The normalized spacial score (nSPS) is 12.6. The van der Waals surface area contributed by atoms with Crippen LogP contribution in [0.25, 0.3) is 22.0 Å². The molecular formula is C25H26N4S. The first-order valence-corrected chi connectivity index (χ1v) is 10.8. The predicted octanol–water partition coefficient (Wildman–Crippen LogP) is 6.47. The molecule has 1 N–H and O–H groups in total. The van der Waals surface area contributed by atoms with Crippen LogP contribution in [0, 0.1) is 13.8 Å². The molecule has 5 rings (SSSR count). The van der Waals surface area contributed by atoms with Gasteiger partial charge in [-0.2, -0.15) is 0 Å². The summed E-state index contributed by atoms with van der Waals surface area (Å²) in [6, 6.07) is 20.9. The average molecular weight is 415 g/mol. The highest BCUT2D eigenvalue weighted by atomic mass is 32.1. The van der Waals surface area contributed by atoms with Gasteiger partial charge in [0.05, 0.1) is 21.9 Å². The Morgan fingerprint density at radius 2 is 1.60 bits per heavy atom. The number of aryl methyl sites for hydroxylation is 2. The second kappa shape index (κ2) is 8.20. The van der Waals surface area contributed by atoms with Crippen LogP contribution in [0.4, 0.5) is 11.4 Å². The van der Waals surface area contributed by atoms with Crippen molar-refractivity contribution in [3.05, 3.63) is 89.7 Å². The topological polar surface area (TPSA) is 35.2 Å². The van der Waals surface area contributed by atoms with E-state index in [1.54, 1.807) is 11.3 Å². The van der Waals surface area contributed by atoms with Crippen LogP contribution in [-0.2, 0) is 0 Å². The number of anilines is 2. The van der Waals surface area contributed by atoms with Gasteiger partial charge in [-0.25, -0.2) is 4.98 Å². The van der Waals surface area contributed by atoms with E-state index in [4.69, 9.17) is 4.98 Å². The number of para-hydroxylation sites is 2. The number of rotatable bonds is 2. The molecule has 4 nitrogen and oxygen atoms in total. The van der Waals surface area contributed by atoms with E-state index in [1.165, 1.54) is 27.4 Å². The van der Waals surface area contributed by atoms with Crippen molar-refractivity contribution in [3.63, 3.8) is 0 Å². The third kappa shape index (κ3) is 3.76. The largest absolute Gasteiger partial charge is 0.341 e. The minimum absolute atomic E-state index is 0.957. The molecule has 1 aliphatic rings. The molecule has 0 aliphatic carbocycles. The molecule has 30 heavy (non-hydrogen) atoms. The van der Waals surface area contributed by atoms with Gasteiger partial charge in [0.15, 0.2) is 0 Å². The number of nitrogens with zero attached hydrogens (tertiary/aromatic N) is 3. The van der Waals surface area contributed by atoms with Crippen LogP contribution in [0.1, 0.15) is 11.3 Å². The van der Waals surface area contributed by atoms with E-state index in [1.807, 2.05) is 32.3 Å². The Kier molecular flexibility index (Phi) is 5.46. The summed E-state index contributed by atoms with van der Waals surface area (Å²) >= 11 is 1.70. The Morgan fingerprint density at radius 3 is 2.20 bits per heavy atom. The summed E-state index contributed by atoms with van der Waals surface area (Å²) in [5.41, 5.74) is 7.04. The lowest BCUT2D eigenvalue weighted by Gasteiger charge is -2.15. The van der Waals surface area contributed by atoms with Crippen LogP contribution in [-0.4, -0.2) is 24.1 Å². The fourth-order valence-corrected chi connectivity index (χ4v) is 4.27. The van der Waals surface area contributed by atoms with Gasteiger partial charge < -0.3 is 14.8 Å². The SMILES string of the molecule is C=C1N(C)c2ccccc2N1C.Cc1cccc(-c2nc(-c3cccs3)[nH]c2C)c1. The van der Waals surface area contributed by atoms with E-state index < -0.39 is 0 Å². The molecule has 0 bridgehead atoms. The first-order valence-electron chi connectivity index (χ1n) is 9.88. The molecule has 4 aromatic rings. The lowest BCUT2D eigenvalue weighted by atomic mass is 10.1. The molecule has 3 heterocycles. The van der Waals surface area contributed by atoms with Gasteiger partial charge in [-0.05, 0) is 43.5 Å². The summed E-state index contributed by atoms with van der Waals surface area (Å²) in [5.74, 6) is 1.98. The molecule has 1 aliphatic heterocycles. The minimum atomic E-state index is 0.957. The van der Waals surface area contributed by atoms with Crippen molar-refractivity contribution in [1.29, 1.82) is 0 Å². The van der Waals surface area contributed by atoms with Crippen molar-refractivity contribution < 1.29 is 0 Å². The lowest BCUT2D eigenvalue weighted by Crippen LogP contribution is -2.20. The van der Waals surface area contributed by atoms with Gasteiger partial charge >= 0.3 is 0 Å². The van der Waals surface area contributed by atoms with Crippen molar-refractivity contribution >= 4 is 22.7 Å². The number of hydrogen-bond acceptors (Lipinski definition) is 4. The van der Waals surface area contributed by atoms with E-state index in [2.05, 4.69) is 83.1 Å². The third-order valence-electron chi connectivity index (χ3n) is 5.31. The zero-order chi connectivity index (χ0) is 21.3. The summed E-state index contributed by atoms with van der Waals surface area (Å²) in [6.45, 7) is 8.16. The zero-order valence-electron chi connectivity index (χ0n) is 17.8. The second-order valence-electron chi connectivity index (χ2n) is 7.43. The fraction of sp³-hybridized carbons (Fsp3) is 0.160. The number of H-pyrrole nitrogens is 1. The van der Waals surface area contributed by atoms with E-state index >= 15 is 0 Å². The molecule has 0 atom stereocenters. The molecule has 0 fully saturated rings. The van der Waals surface area contributed by atoms with Gasteiger partial charge in [-0.3, -0.25) is 0 Å². The highest BCUT2D eigenvalue weighted by molar-refractivity contribution is 7.13. The number of imidazole rings is 1. The molecule has 152 valence electrons. The van der Waals surface area contributed by atoms with Gasteiger partial charge in [0.2, 0.25) is 0 Å². The maximum absolute atomic E-state index is 4.72. The smallest absolute Gasteiger partial charge is 0.148 e. The lowest BCUT2D eigenvalue weighted by molar-refractivity contribution is 1.06. The number of benzene rings is 2. The number of thiophene rings is 1. The van der Waals surface area contributed by atoms with Gasteiger partial charge in [-0.1, -0.05) is 48.5 Å². The second-order valence-corrected chi connectivity index (χ2v) is 8.38. The van der Waals surface area contributed by atoms with Gasteiger partial charge in [0.25, 0.3) is 0 Å². The maximum atomic E-state index is 4.72. The van der Waals surface area contributed by atoms with Crippen molar-refractivity contribution in [2.45, 2.75) is 13.8 Å². The van der Waals surface area contributed by atoms with E-state index in [0.29, 0.717) is 0 Å². The number of aromatic nitrogens is 2. The van der Waals surface area contributed by atoms with E-state index in [9.17, 15) is 0 Å². The molecule has 0 amide bonds. The highest BCUT2D eigenvalue weighted by Gasteiger charge is 2.23. The van der Waals surface area contributed by atoms with Crippen LogP contribution in [0.15, 0.2) is 78.4 Å².